The molecule has 0 fully saturated rings. The number of nitrogens with zero attached hydrogens (tertiary/aromatic N) is 4. The maximum Gasteiger partial charge on any atom is 2.00 e. The third-order valence-electron chi connectivity index (χ3n) is 9.14. The van der Waals surface area contributed by atoms with Gasteiger partial charge in [-0.2, -0.15) is 0 Å². The summed E-state index contributed by atoms with van der Waals surface area (Å²) in [5, 5.41) is 2.58. The first-order valence-electron chi connectivity index (χ1n) is 16.7. The van der Waals surface area contributed by atoms with Crippen molar-refractivity contribution in [3.05, 3.63) is 171 Å². The number of benzene rings is 4. The number of hydrogen-bond donors (Lipinski definition) is 0. The van der Waals surface area contributed by atoms with E-state index in [1.807, 2.05) is 146 Å². The quantitative estimate of drug-likeness (QED) is 0.100. The second-order valence-electron chi connectivity index (χ2n) is 12.4. The van der Waals surface area contributed by atoms with Crippen molar-refractivity contribution in [2.24, 2.45) is 0 Å². The van der Waals surface area contributed by atoms with Crippen molar-refractivity contribution >= 4 is 92.8 Å². The fourth-order valence-corrected chi connectivity index (χ4v) is 7.24. The van der Waals surface area contributed by atoms with Crippen LogP contribution in [-0.4, -0.2) is 9.97 Å². The summed E-state index contributed by atoms with van der Waals surface area (Å²) in [7, 11) is 0. The monoisotopic (exact) mass is 878 g/mol. The molecule has 8 bridgehead atoms. The van der Waals surface area contributed by atoms with Crippen LogP contribution >= 0.6 is 46.4 Å². The Morgan fingerprint density at radius 3 is 0.745 bits per heavy atom. The fraction of sp³-hybridized carbons (Fsp3) is 0. The van der Waals surface area contributed by atoms with Crippen molar-refractivity contribution < 1.29 is 24.1 Å². The number of halogens is 4. The molecular formula is C45H24Cl4N4ORu. The van der Waals surface area contributed by atoms with Gasteiger partial charge in [0.1, 0.15) is 0 Å². The molecular weight excluding hydrogens is 855 g/mol. The molecule has 9 rings (SSSR count). The van der Waals surface area contributed by atoms with E-state index >= 15 is 0 Å². The van der Waals surface area contributed by atoms with Gasteiger partial charge in [-0.1, -0.05) is 119 Å². The predicted octanol–water partition coefficient (Wildman–Crippen LogP) is 13.2. The SMILES string of the molecule is Clc1ccc(-c2c3nc(c(-c4ccc(Cl)cc4)c4ccc([n-]4)c(-c4ccc(Cl)cc4)c4nc(c(-c5ccc(Cl)cc5)c5ccc2[n-]5)C=C4)C=C3)cc1.[C-]#[O+].[Ru+2]. The van der Waals surface area contributed by atoms with Crippen LogP contribution < -0.4 is 9.97 Å². The molecule has 2 aliphatic heterocycles. The summed E-state index contributed by atoms with van der Waals surface area (Å²) in [5.41, 5.74) is 13.4. The Balaban J connectivity index is 0.00000153. The Hall–Kier alpha value is -5.00. The van der Waals surface area contributed by atoms with E-state index in [1.165, 1.54) is 0 Å². The molecule has 0 saturated heterocycles. The summed E-state index contributed by atoms with van der Waals surface area (Å²) in [6.45, 7) is 4.50. The van der Waals surface area contributed by atoms with E-state index in [0.717, 1.165) is 89.4 Å². The van der Waals surface area contributed by atoms with Gasteiger partial charge in [-0.25, -0.2) is 9.97 Å². The largest absolute Gasteiger partial charge is 2.00 e. The Kier molecular flexibility index (Phi) is 11.4. The van der Waals surface area contributed by atoms with E-state index in [4.69, 9.17) is 71.0 Å². The van der Waals surface area contributed by atoms with Crippen LogP contribution in [0.5, 0.6) is 0 Å². The second kappa shape index (κ2) is 16.4. The summed E-state index contributed by atoms with van der Waals surface area (Å²) in [6, 6.07) is 39.2. The van der Waals surface area contributed by atoms with Crippen molar-refractivity contribution in [2.75, 3.05) is 0 Å². The van der Waals surface area contributed by atoms with Gasteiger partial charge in [0.2, 0.25) is 0 Å². The zero-order chi connectivity index (χ0) is 37.3. The third kappa shape index (κ3) is 7.64. The Bertz CT molecular complexity index is 2430. The van der Waals surface area contributed by atoms with E-state index in [1.54, 1.807) is 0 Å². The number of hydrogen-bond acceptors (Lipinski definition) is 2. The molecule has 55 heavy (non-hydrogen) atoms. The maximum absolute atomic E-state index is 7.50. The molecule has 4 aromatic carbocycles. The van der Waals surface area contributed by atoms with E-state index in [-0.39, 0.29) is 19.5 Å². The molecule has 0 spiro atoms. The van der Waals surface area contributed by atoms with Crippen molar-refractivity contribution in [1.82, 2.24) is 19.9 Å². The smallest absolute Gasteiger partial charge is 2.00 e. The Morgan fingerprint density at radius 2 is 0.545 bits per heavy atom. The molecule has 0 aliphatic carbocycles. The molecule has 0 N–H and O–H groups in total. The van der Waals surface area contributed by atoms with Crippen molar-refractivity contribution in [3.63, 3.8) is 0 Å². The first kappa shape index (κ1) is 38.3. The summed E-state index contributed by atoms with van der Waals surface area (Å²) in [5.74, 6) is 0. The molecule has 0 atom stereocenters. The van der Waals surface area contributed by atoms with Crippen LogP contribution in [0.15, 0.2) is 121 Å². The molecule has 0 amide bonds. The van der Waals surface area contributed by atoms with Gasteiger partial charge in [0.15, 0.2) is 0 Å². The van der Waals surface area contributed by atoms with Gasteiger partial charge in [0.05, 0.1) is 22.8 Å². The molecule has 5 nitrogen and oxygen atoms in total. The molecule has 5 heterocycles. The fourth-order valence-electron chi connectivity index (χ4n) is 6.74. The zero-order valence-electron chi connectivity index (χ0n) is 28.4. The van der Waals surface area contributed by atoms with E-state index in [0.29, 0.717) is 20.1 Å². The summed E-state index contributed by atoms with van der Waals surface area (Å²) in [6.07, 6.45) is 8.13. The standard InChI is InChI=1S/C44H24Cl4N4.CO.Ru/c45-29-9-1-25(2-10-29)41-33-17-19-35(49-33)42(26-3-11-30(46)12-4-26)37-21-23-39(51-37)44(28-7-15-32(48)16-8-28)40-24-22-38(52-40)43(36-20-18-34(41)50-36)27-5-13-31(47)14-6-27;1-2;/h1-24H;;/q-2;;+2. The van der Waals surface area contributed by atoms with Crippen LogP contribution in [0.1, 0.15) is 22.8 Å². The molecule has 7 aromatic rings. The van der Waals surface area contributed by atoms with Crippen LogP contribution in [-0.2, 0) is 24.1 Å². The van der Waals surface area contributed by atoms with Gasteiger partial charge in [0, 0.05) is 20.1 Å². The molecule has 0 saturated carbocycles. The number of rotatable bonds is 4. The van der Waals surface area contributed by atoms with Crippen LogP contribution in [0.3, 0.4) is 0 Å². The second-order valence-corrected chi connectivity index (χ2v) is 14.1. The summed E-state index contributed by atoms with van der Waals surface area (Å²) in [4.78, 5) is 21.1. The van der Waals surface area contributed by atoms with Crippen LogP contribution in [0, 0.1) is 6.65 Å². The van der Waals surface area contributed by atoms with E-state index in [9.17, 15) is 0 Å². The van der Waals surface area contributed by atoms with Gasteiger partial charge in [-0.3, -0.25) is 0 Å². The van der Waals surface area contributed by atoms with E-state index in [2.05, 4.69) is 6.65 Å². The Morgan fingerprint density at radius 1 is 0.345 bits per heavy atom. The minimum absolute atomic E-state index is 0. The van der Waals surface area contributed by atoms with Crippen molar-refractivity contribution in [2.45, 2.75) is 0 Å². The zero-order valence-corrected chi connectivity index (χ0v) is 33.2. The number of fused-ring (bicyclic) bond motifs is 8. The van der Waals surface area contributed by atoms with Gasteiger partial charge in [-0.15, -0.1) is 22.1 Å². The topological polar surface area (TPSA) is 73.9 Å². The minimum atomic E-state index is 0. The first-order chi connectivity index (χ1) is 26.4. The maximum atomic E-state index is 7.50. The van der Waals surface area contributed by atoms with Gasteiger partial charge < -0.3 is 9.97 Å². The van der Waals surface area contributed by atoms with Crippen LogP contribution in [0.25, 0.3) is 90.9 Å². The molecule has 266 valence electrons. The van der Waals surface area contributed by atoms with Crippen molar-refractivity contribution in [1.29, 1.82) is 0 Å². The first-order valence-corrected chi connectivity index (χ1v) is 18.2. The van der Waals surface area contributed by atoms with Crippen molar-refractivity contribution in [3.8, 4) is 44.5 Å². The van der Waals surface area contributed by atoms with Gasteiger partial charge >= 0.3 is 30.8 Å². The molecule has 2 aliphatic rings. The van der Waals surface area contributed by atoms with Gasteiger partial charge in [0.25, 0.3) is 0 Å². The molecule has 3 aromatic heterocycles. The minimum Gasteiger partial charge on any atom is 2.00 e. The summed E-state index contributed by atoms with van der Waals surface area (Å²) < 4.78 is 7.50. The van der Waals surface area contributed by atoms with E-state index < -0.39 is 0 Å². The average molecular weight is 880 g/mol. The molecule has 10 heteroatoms. The van der Waals surface area contributed by atoms with Crippen LogP contribution in [0.4, 0.5) is 0 Å². The average Bonchev–Trinajstić information content (AvgIpc) is 4.03. The summed E-state index contributed by atoms with van der Waals surface area (Å²) >= 11 is 25.4. The number of aromatic nitrogens is 4. The molecule has 0 radical (unpaired) electrons. The van der Waals surface area contributed by atoms with Gasteiger partial charge in [-0.05, 0) is 117 Å². The van der Waals surface area contributed by atoms with Crippen LogP contribution in [0.2, 0.25) is 20.1 Å². The third-order valence-corrected chi connectivity index (χ3v) is 10.1. The Labute approximate surface area is 349 Å². The predicted molar refractivity (Wildman–Crippen MR) is 223 cm³/mol. The normalized spacial score (nSPS) is 11.5. The molecule has 0 unspecified atom stereocenters.